The molecule has 1 amide bonds. The van der Waals surface area contributed by atoms with Gasteiger partial charge in [-0.25, -0.2) is 4.39 Å². The number of alkyl halides is 1. The molecule has 1 N–H and O–H groups in total. The first kappa shape index (κ1) is 15.3. The smallest absolute Gasteiger partial charge is 0.257 e. The minimum Gasteiger partial charge on any atom is -0.507 e. The van der Waals surface area contributed by atoms with Gasteiger partial charge in [-0.15, -0.1) is 0 Å². The molecule has 110 valence electrons. The van der Waals surface area contributed by atoms with Crippen LogP contribution in [-0.2, 0) is 4.74 Å². The van der Waals surface area contributed by atoms with E-state index >= 15 is 0 Å². The maximum absolute atomic E-state index is 13.3. The number of amides is 1. The van der Waals surface area contributed by atoms with Crippen LogP contribution < -0.4 is 0 Å². The number of carbonyl (C=O) groups excluding carboxylic acids is 1. The highest BCUT2D eigenvalue weighted by molar-refractivity contribution is 9.09. The van der Waals surface area contributed by atoms with Crippen molar-refractivity contribution in [3.05, 3.63) is 29.6 Å². The van der Waals surface area contributed by atoms with Crippen molar-refractivity contribution in [1.29, 1.82) is 0 Å². The molecule has 1 unspecified atom stereocenters. The third kappa shape index (κ3) is 3.30. The zero-order valence-electron chi connectivity index (χ0n) is 11.4. The lowest BCUT2D eigenvalue weighted by molar-refractivity contribution is -0.116. The molecular formula is C14H17BrFNO3. The van der Waals surface area contributed by atoms with E-state index in [0.717, 1.165) is 12.1 Å². The topological polar surface area (TPSA) is 49.8 Å². The fourth-order valence-electron chi connectivity index (χ4n) is 2.38. The predicted molar refractivity (Wildman–Crippen MR) is 76.7 cm³/mol. The first-order valence-electron chi connectivity index (χ1n) is 6.34. The first-order valence-corrected chi connectivity index (χ1v) is 7.46. The molecule has 1 saturated heterocycles. The maximum Gasteiger partial charge on any atom is 0.257 e. The molecule has 0 radical (unpaired) electrons. The van der Waals surface area contributed by atoms with E-state index in [9.17, 15) is 14.3 Å². The van der Waals surface area contributed by atoms with Crippen LogP contribution in [0.5, 0.6) is 5.75 Å². The van der Waals surface area contributed by atoms with E-state index in [1.54, 1.807) is 4.90 Å². The molecule has 4 nitrogen and oxygen atoms in total. The number of morpholine rings is 1. The number of hydrogen-bond acceptors (Lipinski definition) is 3. The van der Waals surface area contributed by atoms with Gasteiger partial charge in [0, 0.05) is 18.4 Å². The Labute approximate surface area is 125 Å². The number of carbonyl (C=O) groups is 1. The molecule has 1 aromatic rings. The Bertz CT molecular complexity index is 521. The Morgan fingerprint density at radius 2 is 2.30 bits per heavy atom. The van der Waals surface area contributed by atoms with Crippen molar-refractivity contribution < 1.29 is 19.0 Å². The van der Waals surface area contributed by atoms with Gasteiger partial charge in [-0.2, -0.15) is 0 Å². The summed E-state index contributed by atoms with van der Waals surface area (Å²) in [6.45, 7) is 4.59. The molecule has 20 heavy (non-hydrogen) atoms. The summed E-state index contributed by atoms with van der Waals surface area (Å²) in [5, 5.41) is 10.3. The van der Waals surface area contributed by atoms with Gasteiger partial charge in [0.15, 0.2) is 0 Å². The highest BCUT2D eigenvalue weighted by atomic mass is 79.9. The van der Waals surface area contributed by atoms with Crippen molar-refractivity contribution in [2.45, 2.75) is 25.6 Å². The van der Waals surface area contributed by atoms with Crippen molar-refractivity contribution in [3.8, 4) is 5.75 Å². The summed E-state index contributed by atoms with van der Waals surface area (Å²) >= 11 is 3.35. The number of benzene rings is 1. The van der Waals surface area contributed by atoms with Gasteiger partial charge >= 0.3 is 0 Å². The van der Waals surface area contributed by atoms with E-state index in [2.05, 4.69) is 15.9 Å². The summed E-state index contributed by atoms with van der Waals surface area (Å²) < 4.78 is 19.1. The van der Waals surface area contributed by atoms with Gasteiger partial charge in [0.2, 0.25) is 0 Å². The summed E-state index contributed by atoms with van der Waals surface area (Å²) in [6, 6.07) is 3.37. The van der Waals surface area contributed by atoms with Crippen LogP contribution >= 0.6 is 15.9 Å². The van der Waals surface area contributed by atoms with Gasteiger partial charge in [-0.05, 0) is 32.0 Å². The molecule has 2 rings (SSSR count). The molecule has 1 heterocycles. The number of phenols is 1. The molecule has 0 bridgehead atoms. The average molecular weight is 346 g/mol. The quantitative estimate of drug-likeness (QED) is 0.838. The van der Waals surface area contributed by atoms with Crippen LogP contribution in [0.2, 0.25) is 0 Å². The van der Waals surface area contributed by atoms with Crippen LogP contribution in [0.3, 0.4) is 0 Å². The Balaban J connectivity index is 2.25. The lowest BCUT2D eigenvalue weighted by atomic mass is 10.0. The molecule has 0 aromatic heterocycles. The molecule has 0 saturated carbocycles. The Hall–Kier alpha value is -1.14. The third-order valence-corrected chi connectivity index (χ3v) is 3.85. The van der Waals surface area contributed by atoms with Crippen LogP contribution in [0.25, 0.3) is 0 Å². The molecule has 0 aliphatic carbocycles. The van der Waals surface area contributed by atoms with E-state index in [1.807, 2.05) is 13.8 Å². The van der Waals surface area contributed by atoms with Gasteiger partial charge in [0.25, 0.3) is 5.91 Å². The lowest BCUT2D eigenvalue weighted by Crippen LogP contribution is -2.55. The van der Waals surface area contributed by atoms with Crippen molar-refractivity contribution >= 4 is 21.8 Å². The van der Waals surface area contributed by atoms with Gasteiger partial charge in [0.05, 0.1) is 17.3 Å². The van der Waals surface area contributed by atoms with Crippen molar-refractivity contribution in [1.82, 2.24) is 4.90 Å². The highest BCUT2D eigenvalue weighted by Gasteiger charge is 2.36. The summed E-state index contributed by atoms with van der Waals surface area (Å²) in [4.78, 5) is 14.0. The summed E-state index contributed by atoms with van der Waals surface area (Å²) in [6.07, 6.45) is -0.126. The zero-order chi connectivity index (χ0) is 14.9. The monoisotopic (exact) mass is 345 g/mol. The van der Waals surface area contributed by atoms with Gasteiger partial charge in [0.1, 0.15) is 11.6 Å². The standard InChI is InChI=1S/C14H17BrFNO3/c1-14(2)8-17(7-10(6-15)20-14)13(19)11-5-9(16)3-4-12(11)18/h3-5,10,18H,6-8H2,1-2H3. The third-order valence-electron chi connectivity index (χ3n) is 3.13. The number of ether oxygens (including phenoxy) is 1. The normalized spacial score (nSPS) is 21.8. The second kappa shape index (κ2) is 5.69. The van der Waals surface area contributed by atoms with Crippen molar-refractivity contribution in [2.24, 2.45) is 0 Å². The number of nitrogens with zero attached hydrogens (tertiary/aromatic N) is 1. The number of phenolic OH excluding ortho intramolecular Hbond substituents is 1. The number of aromatic hydroxyl groups is 1. The fourth-order valence-corrected chi connectivity index (χ4v) is 2.72. The highest BCUT2D eigenvalue weighted by Crippen LogP contribution is 2.26. The second-order valence-electron chi connectivity index (χ2n) is 5.50. The largest absolute Gasteiger partial charge is 0.507 e. The Morgan fingerprint density at radius 1 is 1.60 bits per heavy atom. The predicted octanol–water partition coefficient (Wildman–Crippen LogP) is 2.55. The average Bonchev–Trinajstić information content (AvgIpc) is 2.38. The lowest BCUT2D eigenvalue weighted by Gasteiger charge is -2.42. The molecule has 6 heteroatoms. The van der Waals surface area contributed by atoms with Gasteiger partial charge in [-0.1, -0.05) is 15.9 Å². The molecule has 1 aliphatic heterocycles. The minimum absolute atomic E-state index is 0.0176. The molecule has 1 aliphatic rings. The van der Waals surface area contributed by atoms with E-state index < -0.39 is 11.4 Å². The maximum atomic E-state index is 13.3. The molecule has 1 fully saturated rings. The number of hydrogen-bond donors (Lipinski definition) is 1. The van der Waals surface area contributed by atoms with Gasteiger partial charge in [-0.3, -0.25) is 4.79 Å². The Morgan fingerprint density at radius 3 is 2.95 bits per heavy atom. The van der Waals surface area contributed by atoms with E-state index in [4.69, 9.17) is 4.74 Å². The van der Waals surface area contributed by atoms with Crippen LogP contribution in [0, 0.1) is 5.82 Å². The van der Waals surface area contributed by atoms with Crippen LogP contribution in [0.1, 0.15) is 24.2 Å². The van der Waals surface area contributed by atoms with Crippen molar-refractivity contribution in [3.63, 3.8) is 0 Å². The molecule has 1 atom stereocenters. The summed E-state index contributed by atoms with van der Waals surface area (Å²) in [5.41, 5.74) is -0.494. The zero-order valence-corrected chi connectivity index (χ0v) is 13.0. The molecular weight excluding hydrogens is 329 g/mol. The second-order valence-corrected chi connectivity index (χ2v) is 6.15. The molecule has 0 spiro atoms. The fraction of sp³-hybridized carbons (Fsp3) is 0.500. The first-order chi connectivity index (χ1) is 9.32. The Kier molecular flexibility index (Phi) is 4.34. The van der Waals surface area contributed by atoms with Crippen LogP contribution in [0.4, 0.5) is 4.39 Å². The van der Waals surface area contributed by atoms with Crippen molar-refractivity contribution in [2.75, 3.05) is 18.4 Å². The number of rotatable bonds is 2. The summed E-state index contributed by atoms with van der Waals surface area (Å²) in [5.74, 6) is -1.14. The minimum atomic E-state index is -0.546. The summed E-state index contributed by atoms with van der Waals surface area (Å²) in [7, 11) is 0. The van der Waals surface area contributed by atoms with E-state index in [0.29, 0.717) is 18.4 Å². The van der Waals surface area contributed by atoms with Crippen LogP contribution in [-0.4, -0.2) is 46.0 Å². The van der Waals surface area contributed by atoms with E-state index in [-0.39, 0.29) is 23.3 Å². The van der Waals surface area contributed by atoms with Gasteiger partial charge < -0.3 is 14.7 Å². The van der Waals surface area contributed by atoms with Crippen LogP contribution in [0.15, 0.2) is 18.2 Å². The SMILES string of the molecule is CC1(C)CN(C(=O)c2cc(F)ccc2O)CC(CBr)O1. The molecule has 1 aromatic carbocycles. The number of halogens is 2. The van der Waals surface area contributed by atoms with E-state index in [1.165, 1.54) is 6.07 Å².